The second-order valence-electron chi connectivity index (χ2n) is 8.07. The molecule has 0 radical (unpaired) electrons. The molecule has 0 bridgehead atoms. The number of nitrogens with one attached hydrogen (secondary N) is 1. The number of amides is 2. The van der Waals surface area contributed by atoms with Gasteiger partial charge in [-0.15, -0.1) is 0 Å². The molecule has 3 N–H and O–H groups in total. The molecule has 2 heterocycles. The van der Waals surface area contributed by atoms with Crippen LogP contribution in [0, 0.1) is 0 Å². The molecule has 0 fully saturated rings. The van der Waals surface area contributed by atoms with Crippen LogP contribution in [0.25, 0.3) is 22.6 Å². The number of carbonyl (C=O) groups excluding carboxylic acids is 1. The van der Waals surface area contributed by atoms with E-state index < -0.39 is 0 Å². The lowest BCUT2D eigenvalue weighted by Gasteiger charge is -2.29. The highest BCUT2D eigenvalue weighted by molar-refractivity contribution is 6.33. The van der Waals surface area contributed by atoms with Crippen molar-refractivity contribution in [3.63, 3.8) is 0 Å². The summed E-state index contributed by atoms with van der Waals surface area (Å²) in [6, 6.07) is 22.1. The number of primary amides is 1. The van der Waals surface area contributed by atoms with Gasteiger partial charge in [0.1, 0.15) is 5.82 Å². The molecule has 1 aromatic heterocycles. The van der Waals surface area contributed by atoms with Crippen molar-refractivity contribution in [2.24, 2.45) is 5.73 Å². The molecule has 0 saturated carbocycles. The minimum Gasteiger partial charge on any atom is -0.351 e. The molecule has 1 aliphatic heterocycles. The van der Waals surface area contributed by atoms with Crippen molar-refractivity contribution in [2.75, 3.05) is 6.54 Å². The van der Waals surface area contributed by atoms with Crippen molar-refractivity contribution in [3.8, 4) is 22.6 Å². The van der Waals surface area contributed by atoms with Gasteiger partial charge in [-0.05, 0) is 52.8 Å². The third-order valence-electron chi connectivity index (χ3n) is 6.02. The average Bonchev–Trinajstić information content (AvgIpc) is 3.31. The molecular weight excluding hydrogens is 420 g/mol. The number of urea groups is 1. The molecule has 5 rings (SSSR count). The first kappa shape index (κ1) is 20.3. The molecule has 5 nitrogen and oxygen atoms in total. The van der Waals surface area contributed by atoms with Crippen LogP contribution in [0.15, 0.2) is 72.9 Å². The second kappa shape index (κ2) is 8.52. The van der Waals surface area contributed by atoms with Gasteiger partial charge in [0.2, 0.25) is 0 Å². The summed E-state index contributed by atoms with van der Waals surface area (Å²) in [7, 11) is 0. The number of imidazole rings is 1. The van der Waals surface area contributed by atoms with Gasteiger partial charge in [-0.25, -0.2) is 9.78 Å². The second-order valence-corrected chi connectivity index (χ2v) is 8.47. The van der Waals surface area contributed by atoms with E-state index in [2.05, 4.69) is 34.2 Å². The monoisotopic (exact) mass is 442 g/mol. The van der Waals surface area contributed by atoms with E-state index in [0.717, 1.165) is 41.1 Å². The summed E-state index contributed by atoms with van der Waals surface area (Å²) in [5, 5.41) is 0.662. The van der Waals surface area contributed by atoms with Crippen molar-refractivity contribution in [1.82, 2.24) is 14.9 Å². The Hall–Kier alpha value is -3.57. The van der Waals surface area contributed by atoms with Crippen molar-refractivity contribution >= 4 is 17.6 Å². The molecule has 2 amide bonds. The smallest absolute Gasteiger partial charge is 0.315 e. The van der Waals surface area contributed by atoms with E-state index in [1.54, 1.807) is 4.90 Å². The van der Waals surface area contributed by atoms with E-state index in [1.807, 2.05) is 48.7 Å². The topological polar surface area (TPSA) is 75.0 Å². The Bertz CT molecular complexity index is 1280. The number of nitrogens with zero attached hydrogens (tertiary/aromatic N) is 2. The molecular formula is C26H23ClN4O. The molecule has 32 heavy (non-hydrogen) atoms. The summed E-state index contributed by atoms with van der Waals surface area (Å²) in [5.74, 6) is 0.753. The largest absolute Gasteiger partial charge is 0.351 e. The van der Waals surface area contributed by atoms with E-state index >= 15 is 0 Å². The molecule has 0 unspecified atom stereocenters. The number of rotatable bonds is 4. The minimum atomic E-state index is -0.364. The lowest BCUT2D eigenvalue weighted by atomic mass is 9.91. The highest BCUT2D eigenvalue weighted by Crippen LogP contribution is 2.31. The van der Waals surface area contributed by atoms with Crippen LogP contribution in [-0.2, 0) is 19.4 Å². The normalized spacial score (nSPS) is 13.1. The van der Waals surface area contributed by atoms with Crippen LogP contribution in [0.3, 0.4) is 0 Å². The average molecular weight is 443 g/mol. The predicted octanol–water partition coefficient (Wildman–Crippen LogP) is 5.42. The lowest BCUT2D eigenvalue weighted by molar-refractivity contribution is 0.202. The van der Waals surface area contributed by atoms with Gasteiger partial charge in [0.05, 0.1) is 16.9 Å². The first-order valence-electron chi connectivity index (χ1n) is 10.6. The molecule has 3 aromatic carbocycles. The van der Waals surface area contributed by atoms with E-state index in [9.17, 15) is 4.79 Å². The van der Waals surface area contributed by atoms with Gasteiger partial charge in [-0.3, -0.25) is 0 Å². The zero-order valence-electron chi connectivity index (χ0n) is 17.5. The van der Waals surface area contributed by atoms with Gasteiger partial charge < -0.3 is 15.6 Å². The fraction of sp³-hybridized carbons (Fsp3) is 0.154. The molecule has 4 aromatic rings. The number of halogens is 1. The molecule has 160 valence electrons. The fourth-order valence-electron chi connectivity index (χ4n) is 4.35. The molecule has 0 atom stereocenters. The van der Waals surface area contributed by atoms with Crippen molar-refractivity contribution in [2.45, 2.75) is 19.4 Å². The van der Waals surface area contributed by atoms with Crippen LogP contribution in [-0.4, -0.2) is 27.4 Å². The van der Waals surface area contributed by atoms with E-state index in [0.29, 0.717) is 18.1 Å². The van der Waals surface area contributed by atoms with E-state index in [4.69, 9.17) is 17.3 Å². The van der Waals surface area contributed by atoms with Gasteiger partial charge in [-0.2, -0.15) is 0 Å². The predicted molar refractivity (Wildman–Crippen MR) is 127 cm³/mol. The number of hydrogen-bond donors (Lipinski definition) is 2. The maximum Gasteiger partial charge on any atom is 0.315 e. The Labute approximate surface area is 191 Å². The minimum absolute atomic E-state index is 0.364. The van der Waals surface area contributed by atoms with Crippen LogP contribution in [0.5, 0.6) is 0 Å². The van der Waals surface area contributed by atoms with Gasteiger partial charge in [0, 0.05) is 18.7 Å². The van der Waals surface area contributed by atoms with Crippen LogP contribution in [0.4, 0.5) is 4.79 Å². The third kappa shape index (κ3) is 3.99. The number of carbonyl (C=O) groups is 1. The van der Waals surface area contributed by atoms with Gasteiger partial charge in [0.15, 0.2) is 0 Å². The molecule has 1 aliphatic rings. The van der Waals surface area contributed by atoms with Crippen LogP contribution >= 0.6 is 11.6 Å². The quantitative estimate of drug-likeness (QED) is 0.442. The molecule has 0 saturated heterocycles. The number of aromatic amines is 1. The number of hydrogen-bond acceptors (Lipinski definition) is 2. The maximum absolute atomic E-state index is 11.6. The first-order valence-corrected chi connectivity index (χ1v) is 11.0. The Morgan fingerprint density at radius 1 is 1.09 bits per heavy atom. The zero-order chi connectivity index (χ0) is 22.1. The Kier molecular flexibility index (Phi) is 5.41. The molecule has 6 heteroatoms. The molecule has 0 aliphatic carbocycles. The van der Waals surface area contributed by atoms with Crippen LogP contribution in [0.1, 0.15) is 22.3 Å². The third-order valence-corrected chi connectivity index (χ3v) is 6.35. The first-order chi connectivity index (χ1) is 15.6. The summed E-state index contributed by atoms with van der Waals surface area (Å²) in [4.78, 5) is 21.2. The van der Waals surface area contributed by atoms with E-state index in [-0.39, 0.29) is 6.03 Å². The highest BCUT2D eigenvalue weighted by Gasteiger charge is 2.21. The maximum atomic E-state index is 11.6. The summed E-state index contributed by atoms with van der Waals surface area (Å²) >= 11 is 6.54. The number of H-pyrrole nitrogens is 1. The summed E-state index contributed by atoms with van der Waals surface area (Å²) in [6.07, 6.45) is 3.44. The lowest BCUT2D eigenvalue weighted by Crippen LogP contribution is -2.39. The van der Waals surface area contributed by atoms with Gasteiger partial charge in [0.25, 0.3) is 0 Å². The van der Waals surface area contributed by atoms with Crippen molar-refractivity contribution < 1.29 is 4.79 Å². The van der Waals surface area contributed by atoms with Gasteiger partial charge in [-0.1, -0.05) is 66.2 Å². The fourth-order valence-corrected chi connectivity index (χ4v) is 4.56. The number of nitrogens with two attached hydrogens (primary N) is 1. The highest BCUT2D eigenvalue weighted by atomic mass is 35.5. The Morgan fingerprint density at radius 3 is 2.75 bits per heavy atom. The van der Waals surface area contributed by atoms with Crippen LogP contribution in [0.2, 0.25) is 5.02 Å². The number of aromatic nitrogens is 2. The number of fused-ring (bicyclic) bond motifs is 1. The summed E-state index contributed by atoms with van der Waals surface area (Å²) in [5.41, 5.74) is 13.3. The standard InChI is InChI=1S/C26H23ClN4O/c27-23-10-9-17(13-19-7-4-8-20-16-31(26(28)32)12-11-21(19)20)14-22(23)25-29-15-24(30-25)18-5-2-1-3-6-18/h1-10,14-15H,11-13,16H2,(H2,28,32)(H,29,30). The van der Waals surface area contributed by atoms with Crippen molar-refractivity contribution in [1.29, 1.82) is 0 Å². The zero-order valence-corrected chi connectivity index (χ0v) is 18.3. The Morgan fingerprint density at radius 2 is 1.94 bits per heavy atom. The summed E-state index contributed by atoms with van der Waals surface area (Å²) < 4.78 is 0. The Balaban J connectivity index is 1.43. The SMILES string of the molecule is NC(=O)N1CCc2c(Cc3ccc(Cl)c(-c4ncc(-c5ccccc5)[nH]4)c3)cccc2C1. The summed E-state index contributed by atoms with van der Waals surface area (Å²) in [6.45, 7) is 1.22. The number of benzene rings is 3. The van der Waals surface area contributed by atoms with Crippen molar-refractivity contribution in [3.05, 3.63) is 100 Å². The van der Waals surface area contributed by atoms with Crippen LogP contribution < -0.4 is 5.73 Å². The van der Waals surface area contributed by atoms with Gasteiger partial charge >= 0.3 is 6.03 Å². The molecule has 0 spiro atoms. The van der Waals surface area contributed by atoms with E-state index in [1.165, 1.54) is 16.7 Å².